The van der Waals surface area contributed by atoms with E-state index in [1.54, 1.807) is 0 Å². The average molecular weight is 168 g/mol. The maximum Gasteiger partial charge on any atom is 0.197 e. The van der Waals surface area contributed by atoms with E-state index in [0.717, 1.165) is 12.8 Å². The van der Waals surface area contributed by atoms with Gasteiger partial charge in [0.15, 0.2) is 5.66 Å². The minimum Gasteiger partial charge on any atom is -0.134 e. The van der Waals surface area contributed by atoms with Gasteiger partial charge in [0.05, 0.1) is 0 Å². The molecule has 0 unspecified atom stereocenters. The van der Waals surface area contributed by atoms with E-state index >= 15 is 0 Å². The maximum absolute atomic E-state index is 4.10. The summed E-state index contributed by atoms with van der Waals surface area (Å²) in [6, 6.07) is 0. The van der Waals surface area contributed by atoms with Gasteiger partial charge in [0.1, 0.15) is 0 Å². The van der Waals surface area contributed by atoms with Crippen LogP contribution in [0.15, 0.2) is 20.7 Å². The minimum absolute atomic E-state index is 0.337. The number of hydrogen-bond acceptors (Lipinski definition) is 4. The van der Waals surface area contributed by atoms with Crippen LogP contribution >= 0.6 is 0 Å². The lowest BCUT2D eigenvalue weighted by atomic mass is 9.92. The Kier molecular flexibility index (Phi) is 2.89. The van der Waals surface area contributed by atoms with Gasteiger partial charge in [-0.25, -0.2) is 0 Å². The van der Waals surface area contributed by atoms with Gasteiger partial charge in [0, 0.05) is 5.92 Å². The molecule has 4 nitrogen and oxygen atoms in total. The van der Waals surface area contributed by atoms with Crippen molar-refractivity contribution in [3.63, 3.8) is 0 Å². The zero-order valence-electron chi connectivity index (χ0n) is 7.99. The molecule has 0 saturated heterocycles. The summed E-state index contributed by atoms with van der Waals surface area (Å²) in [6.07, 6.45) is 3.27. The van der Waals surface area contributed by atoms with Crippen molar-refractivity contribution in [3.8, 4) is 0 Å². The molecule has 1 aliphatic rings. The van der Waals surface area contributed by atoms with Crippen molar-refractivity contribution in [2.24, 2.45) is 26.6 Å². The average Bonchev–Trinajstić information content (AvgIpc) is 2.50. The largest absolute Gasteiger partial charge is 0.197 e. The maximum atomic E-state index is 4.10. The van der Waals surface area contributed by atoms with Gasteiger partial charge in [-0.2, -0.15) is 0 Å². The van der Waals surface area contributed by atoms with Crippen LogP contribution in [-0.2, 0) is 0 Å². The van der Waals surface area contributed by atoms with E-state index in [1.165, 1.54) is 6.42 Å². The Balaban J connectivity index is 2.61. The molecule has 0 N–H and O–H groups in total. The Morgan fingerprint density at radius 2 is 1.75 bits per heavy atom. The molecule has 0 aliphatic carbocycles. The normalized spacial score (nSPS) is 19.3. The van der Waals surface area contributed by atoms with Crippen LogP contribution in [0.4, 0.5) is 0 Å². The molecule has 1 heterocycles. The third-order valence-corrected chi connectivity index (χ3v) is 2.30. The molecule has 1 aliphatic heterocycles. The Labute approximate surface area is 73.2 Å². The van der Waals surface area contributed by atoms with Gasteiger partial charge < -0.3 is 0 Å². The second-order valence-electron chi connectivity index (χ2n) is 3.52. The molecule has 0 bridgehead atoms. The number of nitrogens with zero attached hydrogens (tertiary/aromatic N) is 4. The highest BCUT2D eigenvalue weighted by Crippen LogP contribution is 2.33. The van der Waals surface area contributed by atoms with E-state index in [-0.39, 0.29) is 5.66 Å². The van der Waals surface area contributed by atoms with E-state index in [1.807, 2.05) is 0 Å². The fraction of sp³-hybridized carbons (Fsp3) is 1.00. The highest BCUT2D eigenvalue weighted by molar-refractivity contribution is 4.87. The van der Waals surface area contributed by atoms with Gasteiger partial charge in [0.2, 0.25) is 0 Å². The molecular formula is C8H16N4. The molecule has 0 aromatic heterocycles. The lowest BCUT2D eigenvalue weighted by molar-refractivity contribution is 0.291. The van der Waals surface area contributed by atoms with Crippen LogP contribution in [0.3, 0.4) is 0 Å². The van der Waals surface area contributed by atoms with E-state index in [0.29, 0.717) is 5.92 Å². The summed E-state index contributed by atoms with van der Waals surface area (Å²) in [5.74, 6) is 0.388. The van der Waals surface area contributed by atoms with Crippen LogP contribution in [0, 0.1) is 5.92 Å². The number of hydrogen-bond donors (Lipinski definition) is 0. The molecule has 0 aromatic rings. The Morgan fingerprint density at radius 1 is 1.17 bits per heavy atom. The lowest BCUT2D eigenvalue weighted by Gasteiger charge is -2.23. The quantitative estimate of drug-likeness (QED) is 0.618. The van der Waals surface area contributed by atoms with Crippen molar-refractivity contribution in [3.05, 3.63) is 0 Å². The van der Waals surface area contributed by atoms with Crippen LogP contribution in [-0.4, -0.2) is 5.66 Å². The predicted molar refractivity (Wildman–Crippen MR) is 46.8 cm³/mol. The summed E-state index contributed by atoms with van der Waals surface area (Å²) in [5.41, 5.74) is -0.337. The van der Waals surface area contributed by atoms with Gasteiger partial charge in [-0.1, -0.05) is 27.2 Å². The number of unbranched alkanes of at least 4 members (excludes halogenated alkanes) is 1. The van der Waals surface area contributed by atoms with Gasteiger partial charge in [-0.3, -0.25) is 0 Å². The zero-order valence-corrected chi connectivity index (χ0v) is 7.99. The third kappa shape index (κ3) is 1.68. The van der Waals surface area contributed by atoms with Crippen LogP contribution in [0.1, 0.15) is 40.0 Å². The summed E-state index contributed by atoms with van der Waals surface area (Å²) in [5, 5.41) is 15.4. The Bertz CT molecular complexity index is 183. The van der Waals surface area contributed by atoms with Crippen molar-refractivity contribution >= 4 is 0 Å². The van der Waals surface area contributed by atoms with Crippen LogP contribution in [0.25, 0.3) is 0 Å². The fourth-order valence-electron chi connectivity index (χ4n) is 1.27. The Hall–Kier alpha value is -0.800. The summed E-state index contributed by atoms with van der Waals surface area (Å²) in [4.78, 5) is 0. The molecule has 0 spiro atoms. The summed E-state index contributed by atoms with van der Waals surface area (Å²) in [6.45, 7) is 6.38. The summed E-state index contributed by atoms with van der Waals surface area (Å²) in [7, 11) is 0. The molecule has 0 saturated carbocycles. The standard InChI is InChI=1S/C8H16N4/c1-4-5-6-8(7(2)3)9-11-12-10-8/h7H,4-6H2,1-3H3. The molecule has 0 fully saturated rings. The summed E-state index contributed by atoms with van der Waals surface area (Å²) >= 11 is 0. The zero-order chi connectivity index (χ0) is 9.03. The highest BCUT2D eigenvalue weighted by atomic mass is 15.6. The topological polar surface area (TPSA) is 49.4 Å². The Morgan fingerprint density at radius 3 is 2.17 bits per heavy atom. The lowest BCUT2D eigenvalue weighted by Crippen LogP contribution is -2.28. The van der Waals surface area contributed by atoms with E-state index in [2.05, 4.69) is 41.4 Å². The smallest absolute Gasteiger partial charge is 0.134 e. The molecule has 0 amide bonds. The van der Waals surface area contributed by atoms with Crippen molar-refractivity contribution in [2.45, 2.75) is 45.7 Å². The van der Waals surface area contributed by atoms with Crippen LogP contribution in [0.2, 0.25) is 0 Å². The van der Waals surface area contributed by atoms with Crippen molar-refractivity contribution in [1.29, 1.82) is 0 Å². The monoisotopic (exact) mass is 168 g/mol. The second kappa shape index (κ2) is 3.74. The number of rotatable bonds is 4. The van der Waals surface area contributed by atoms with Gasteiger partial charge in [-0.05, 0) is 23.3 Å². The van der Waals surface area contributed by atoms with Gasteiger partial charge in [-0.15, -0.1) is 10.2 Å². The second-order valence-corrected chi connectivity index (χ2v) is 3.52. The van der Waals surface area contributed by atoms with Crippen molar-refractivity contribution < 1.29 is 0 Å². The molecule has 12 heavy (non-hydrogen) atoms. The summed E-state index contributed by atoms with van der Waals surface area (Å²) < 4.78 is 0. The van der Waals surface area contributed by atoms with E-state index in [9.17, 15) is 0 Å². The van der Waals surface area contributed by atoms with Crippen LogP contribution in [0.5, 0.6) is 0 Å². The molecule has 0 radical (unpaired) electrons. The molecule has 1 rings (SSSR count). The fourth-order valence-corrected chi connectivity index (χ4v) is 1.27. The highest BCUT2D eigenvalue weighted by Gasteiger charge is 2.35. The predicted octanol–water partition coefficient (Wildman–Crippen LogP) is 3.36. The van der Waals surface area contributed by atoms with Crippen LogP contribution < -0.4 is 0 Å². The molecule has 0 atom stereocenters. The van der Waals surface area contributed by atoms with E-state index in [4.69, 9.17) is 0 Å². The van der Waals surface area contributed by atoms with Crippen molar-refractivity contribution in [2.75, 3.05) is 0 Å². The molecular weight excluding hydrogens is 152 g/mol. The first kappa shape index (κ1) is 9.29. The van der Waals surface area contributed by atoms with Gasteiger partial charge in [0.25, 0.3) is 0 Å². The first-order chi connectivity index (χ1) is 5.71. The van der Waals surface area contributed by atoms with Crippen molar-refractivity contribution in [1.82, 2.24) is 0 Å². The molecule has 4 heteroatoms. The van der Waals surface area contributed by atoms with Gasteiger partial charge >= 0.3 is 0 Å². The minimum atomic E-state index is -0.337. The molecule has 0 aromatic carbocycles. The first-order valence-corrected chi connectivity index (χ1v) is 4.55. The molecule has 68 valence electrons. The third-order valence-electron chi connectivity index (χ3n) is 2.30. The SMILES string of the molecule is CCCCC1(C(C)C)N=NN=N1. The first-order valence-electron chi connectivity index (χ1n) is 4.55. The van der Waals surface area contributed by atoms with E-state index < -0.39 is 0 Å².